The minimum Gasteiger partial charge on any atom is -0.269 e. The number of nitrogens with zero attached hydrogens (tertiary/aromatic N) is 5. The van der Waals surface area contributed by atoms with Gasteiger partial charge >= 0.3 is 0 Å². The highest BCUT2D eigenvalue weighted by molar-refractivity contribution is 7.99. The van der Waals surface area contributed by atoms with E-state index < -0.39 is 0 Å². The molecule has 0 aliphatic carbocycles. The van der Waals surface area contributed by atoms with Crippen molar-refractivity contribution in [2.75, 3.05) is 5.88 Å². The van der Waals surface area contributed by atoms with Crippen LogP contribution in [0.5, 0.6) is 0 Å². The molecule has 3 heterocycles. The van der Waals surface area contributed by atoms with Crippen LogP contribution in [0, 0.1) is 0 Å². The molecule has 0 saturated heterocycles. The first-order valence-electron chi connectivity index (χ1n) is 11.2. The zero-order valence-electron chi connectivity index (χ0n) is 18.9. The lowest BCUT2D eigenvalue weighted by Gasteiger charge is -2.19. The number of aryl methyl sites for hydroxylation is 2. The molecule has 0 N–H and O–H groups in total. The van der Waals surface area contributed by atoms with Gasteiger partial charge in [-0.05, 0) is 48.2 Å². The number of imide groups is 1. The number of carbonyl (C=O) groups excluding carboxylic acids is 2. The Kier molecular flexibility index (Phi) is 5.98. The molecule has 0 unspecified atom stereocenters. The van der Waals surface area contributed by atoms with Crippen molar-refractivity contribution < 1.29 is 9.59 Å². The topological polar surface area (TPSA) is 81.0 Å². The van der Waals surface area contributed by atoms with Gasteiger partial charge in [0.1, 0.15) is 0 Å². The van der Waals surface area contributed by atoms with Crippen molar-refractivity contribution in [3.8, 4) is 17.1 Å². The molecule has 1 aliphatic heterocycles. The number of thioether (sulfide) groups is 1. The summed E-state index contributed by atoms with van der Waals surface area (Å²) in [7, 11) is 0. The Bertz CT molecular complexity index is 1330. The summed E-state index contributed by atoms with van der Waals surface area (Å²) in [5, 5.41) is 9.60. The molecular formula is C26H23N5O2S. The summed E-state index contributed by atoms with van der Waals surface area (Å²) < 4.78 is 2.04. The smallest absolute Gasteiger partial charge is 0.262 e. The number of hydrogen-bond donors (Lipinski definition) is 0. The molecule has 0 bridgehead atoms. The normalized spacial score (nSPS) is 12.9. The van der Waals surface area contributed by atoms with Gasteiger partial charge in [-0.15, -0.1) is 10.2 Å². The molecule has 1 aliphatic rings. The lowest BCUT2D eigenvalue weighted by molar-refractivity contribution is 0.0684. The molecule has 4 aromatic rings. The Morgan fingerprint density at radius 2 is 1.50 bits per heavy atom. The molecule has 2 aromatic carbocycles. The van der Waals surface area contributed by atoms with Crippen LogP contribution in [-0.4, -0.2) is 42.3 Å². The van der Waals surface area contributed by atoms with Crippen LogP contribution in [0.25, 0.3) is 17.1 Å². The zero-order valence-corrected chi connectivity index (χ0v) is 19.7. The predicted octanol–water partition coefficient (Wildman–Crippen LogP) is 4.80. The van der Waals surface area contributed by atoms with E-state index in [-0.39, 0.29) is 17.7 Å². The fraction of sp³-hybridized carbons (Fsp3) is 0.192. The average Bonchev–Trinajstić information content (AvgIpc) is 3.41. The number of fused-ring (bicyclic) bond motifs is 1. The van der Waals surface area contributed by atoms with Crippen LogP contribution < -0.4 is 0 Å². The van der Waals surface area contributed by atoms with Gasteiger partial charge in [0.05, 0.1) is 22.7 Å². The molecule has 0 atom stereocenters. The van der Waals surface area contributed by atoms with E-state index in [1.165, 1.54) is 27.8 Å². The molecule has 7 nitrogen and oxygen atoms in total. The van der Waals surface area contributed by atoms with Crippen molar-refractivity contribution in [2.45, 2.75) is 31.8 Å². The SMILES string of the molecule is CCc1cccc(CC)c1-n1c(SCN2C(=O)c3ccccc3C2=O)nnc1-c1cccnc1. The lowest BCUT2D eigenvalue weighted by atomic mass is 10.0. The number of benzene rings is 2. The molecule has 0 radical (unpaired) electrons. The second-order valence-corrected chi connectivity index (χ2v) is 8.78. The van der Waals surface area contributed by atoms with Gasteiger partial charge in [0, 0.05) is 18.0 Å². The molecule has 2 amide bonds. The van der Waals surface area contributed by atoms with Crippen molar-refractivity contribution >= 4 is 23.6 Å². The summed E-state index contributed by atoms with van der Waals surface area (Å²) in [4.78, 5) is 31.2. The van der Waals surface area contributed by atoms with E-state index >= 15 is 0 Å². The third-order valence-corrected chi connectivity index (χ3v) is 6.85. The van der Waals surface area contributed by atoms with Crippen molar-refractivity contribution in [1.82, 2.24) is 24.6 Å². The molecule has 0 saturated carbocycles. The van der Waals surface area contributed by atoms with Crippen LogP contribution in [0.2, 0.25) is 0 Å². The summed E-state index contributed by atoms with van der Waals surface area (Å²) in [5.41, 5.74) is 5.11. The van der Waals surface area contributed by atoms with Crippen molar-refractivity contribution in [2.24, 2.45) is 0 Å². The maximum Gasteiger partial charge on any atom is 0.262 e. The standard InChI is InChI=1S/C26H23N5O2S/c1-3-17-9-7-10-18(4-2)22(17)31-23(19-11-8-14-27-15-19)28-29-26(31)34-16-30-24(32)20-12-5-6-13-21(20)25(30)33/h5-15H,3-4,16H2,1-2H3. The van der Waals surface area contributed by atoms with Gasteiger partial charge in [-0.2, -0.15) is 0 Å². The van der Waals surface area contributed by atoms with Crippen LogP contribution in [-0.2, 0) is 12.8 Å². The van der Waals surface area contributed by atoms with Crippen LogP contribution >= 0.6 is 11.8 Å². The summed E-state index contributed by atoms with van der Waals surface area (Å²) in [5.74, 6) is 0.256. The summed E-state index contributed by atoms with van der Waals surface area (Å²) in [6.45, 7) is 4.25. The van der Waals surface area contributed by atoms with E-state index in [1.807, 2.05) is 16.7 Å². The van der Waals surface area contributed by atoms with Crippen molar-refractivity contribution in [1.29, 1.82) is 0 Å². The molecule has 5 rings (SSSR count). The van der Waals surface area contributed by atoms with Crippen LogP contribution in [0.3, 0.4) is 0 Å². The van der Waals surface area contributed by atoms with E-state index in [0.717, 1.165) is 24.1 Å². The highest BCUT2D eigenvalue weighted by Crippen LogP contribution is 2.33. The van der Waals surface area contributed by atoms with Gasteiger partial charge in [0.15, 0.2) is 11.0 Å². The number of rotatable bonds is 7. The van der Waals surface area contributed by atoms with Gasteiger partial charge in [-0.25, -0.2) is 0 Å². The monoisotopic (exact) mass is 469 g/mol. The van der Waals surface area contributed by atoms with E-state index in [2.05, 4.69) is 47.2 Å². The van der Waals surface area contributed by atoms with E-state index in [4.69, 9.17) is 0 Å². The zero-order chi connectivity index (χ0) is 23.7. The number of para-hydroxylation sites is 1. The fourth-order valence-electron chi connectivity index (χ4n) is 4.23. The molecule has 0 fully saturated rings. The average molecular weight is 470 g/mol. The minimum absolute atomic E-state index is 0.146. The summed E-state index contributed by atoms with van der Waals surface area (Å²) in [6, 6.07) is 17.0. The molecule has 2 aromatic heterocycles. The van der Waals surface area contributed by atoms with Crippen LogP contribution in [0.4, 0.5) is 0 Å². The Balaban J connectivity index is 1.57. The van der Waals surface area contributed by atoms with Gasteiger partial charge in [-0.1, -0.05) is 55.9 Å². The van der Waals surface area contributed by atoms with Gasteiger partial charge in [-0.3, -0.25) is 24.0 Å². The highest BCUT2D eigenvalue weighted by Gasteiger charge is 2.35. The number of pyridine rings is 1. The Hall–Kier alpha value is -3.78. The molecular weight excluding hydrogens is 446 g/mol. The Morgan fingerprint density at radius 3 is 2.09 bits per heavy atom. The fourth-order valence-corrected chi connectivity index (χ4v) is 5.11. The summed E-state index contributed by atoms with van der Waals surface area (Å²) in [6.07, 6.45) is 5.17. The van der Waals surface area contributed by atoms with Crippen LogP contribution in [0.1, 0.15) is 45.7 Å². The first kappa shape index (κ1) is 22.0. The lowest BCUT2D eigenvalue weighted by Crippen LogP contribution is -2.29. The van der Waals surface area contributed by atoms with E-state index in [9.17, 15) is 9.59 Å². The Labute approximate surface area is 201 Å². The van der Waals surface area contributed by atoms with Gasteiger partial charge < -0.3 is 0 Å². The van der Waals surface area contributed by atoms with E-state index in [0.29, 0.717) is 22.1 Å². The maximum absolute atomic E-state index is 12.9. The molecule has 34 heavy (non-hydrogen) atoms. The number of carbonyl (C=O) groups is 2. The highest BCUT2D eigenvalue weighted by atomic mass is 32.2. The Morgan fingerprint density at radius 1 is 0.824 bits per heavy atom. The molecule has 170 valence electrons. The second kappa shape index (κ2) is 9.23. The van der Waals surface area contributed by atoms with Gasteiger partial charge in [0.25, 0.3) is 11.8 Å². The molecule has 8 heteroatoms. The number of aromatic nitrogens is 4. The number of hydrogen-bond acceptors (Lipinski definition) is 6. The van der Waals surface area contributed by atoms with Crippen LogP contribution in [0.15, 0.2) is 72.1 Å². The minimum atomic E-state index is -0.283. The first-order valence-corrected chi connectivity index (χ1v) is 12.2. The second-order valence-electron chi connectivity index (χ2n) is 7.87. The number of amides is 2. The molecule has 0 spiro atoms. The van der Waals surface area contributed by atoms with Crippen molar-refractivity contribution in [3.05, 3.63) is 89.2 Å². The van der Waals surface area contributed by atoms with Gasteiger partial charge in [0.2, 0.25) is 0 Å². The maximum atomic E-state index is 12.9. The third kappa shape index (κ3) is 3.70. The van der Waals surface area contributed by atoms with Crippen molar-refractivity contribution in [3.63, 3.8) is 0 Å². The third-order valence-electron chi connectivity index (χ3n) is 5.94. The predicted molar refractivity (Wildman–Crippen MR) is 131 cm³/mol. The quantitative estimate of drug-likeness (QED) is 0.286. The largest absolute Gasteiger partial charge is 0.269 e. The summed E-state index contributed by atoms with van der Waals surface area (Å²) >= 11 is 1.32. The van der Waals surface area contributed by atoms with E-state index in [1.54, 1.807) is 36.7 Å². The first-order chi connectivity index (χ1) is 16.6.